The largest absolute Gasteiger partial charge is 0.507 e. The van der Waals surface area contributed by atoms with Crippen LogP contribution in [0.25, 0.3) is 0 Å². The number of benzene rings is 1. The predicted molar refractivity (Wildman–Crippen MR) is 91.0 cm³/mol. The third-order valence-electron chi connectivity index (χ3n) is 7.65. The van der Waals surface area contributed by atoms with E-state index in [0.29, 0.717) is 17.6 Å². The Labute approximate surface area is 139 Å². The highest BCUT2D eigenvalue weighted by atomic mass is 16.5. The Morgan fingerprint density at radius 2 is 1.35 bits per heavy atom. The molecule has 5 rings (SSSR count). The molecule has 1 aromatic rings. The molecule has 0 aliphatic heterocycles. The summed E-state index contributed by atoms with van der Waals surface area (Å²) in [5.41, 5.74) is 2.41. The zero-order valence-electron chi connectivity index (χ0n) is 14.1. The van der Waals surface area contributed by atoms with E-state index < -0.39 is 0 Å². The summed E-state index contributed by atoms with van der Waals surface area (Å²) in [4.78, 5) is 0. The van der Waals surface area contributed by atoms with Gasteiger partial charge in [0.15, 0.2) is 0 Å². The van der Waals surface area contributed by atoms with Gasteiger partial charge in [0.1, 0.15) is 11.5 Å². The molecule has 124 valence electrons. The predicted octanol–water partition coefficient (Wildman–Crippen LogP) is 5.21. The van der Waals surface area contributed by atoms with Crippen LogP contribution in [-0.4, -0.2) is 12.2 Å². The van der Waals surface area contributed by atoms with Gasteiger partial charge in [-0.2, -0.15) is 0 Å². The molecule has 1 aromatic carbocycles. The standard InChI is InChI=1S/C21H28O2/c1-23-16-10-19(17-8-12-2-4-14(17)6-12)21(22)20(11-16)18-9-13-3-5-15(18)7-13/h10-15,17-18,22H,2-9H2,1H3. The first kappa shape index (κ1) is 14.2. The van der Waals surface area contributed by atoms with Crippen molar-refractivity contribution in [2.45, 2.75) is 63.2 Å². The minimum atomic E-state index is 0.571. The van der Waals surface area contributed by atoms with Crippen LogP contribution in [0.4, 0.5) is 0 Å². The van der Waals surface area contributed by atoms with E-state index in [1.807, 2.05) is 0 Å². The van der Waals surface area contributed by atoms with Crippen LogP contribution >= 0.6 is 0 Å². The Morgan fingerprint density at radius 3 is 1.70 bits per heavy atom. The van der Waals surface area contributed by atoms with Gasteiger partial charge in [-0.3, -0.25) is 0 Å². The number of phenols is 1. The molecule has 6 atom stereocenters. The number of fused-ring (bicyclic) bond motifs is 4. The lowest BCUT2D eigenvalue weighted by Gasteiger charge is -2.28. The van der Waals surface area contributed by atoms with Crippen LogP contribution in [0.1, 0.15) is 74.3 Å². The normalized spacial score (nSPS) is 40.9. The first-order chi connectivity index (χ1) is 11.2. The monoisotopic (exact) mass is 312 g/mol. The number of phenolic OH excluding ortho intramolecular Hbond substituents is 1. The minimum Gasteiger partial charge on any atom is -0.507 e. The SMILES string of the molecule is COc1cc(C2CC3CCC2C3)c(O)c(C2CC3CCC2C3)c1. The molecule has 4 saturated carbocycles. The molecule has 4 bridgehead atoms. The molecule has 0 aromatic heterocycles. The number of methoxy groups -OCH3 is 1. The molecule has 6 unspecified atom stereocenters. The summed E-state index contributed by atoms with van der Waals surface area (Å²) in [6.45, 7) is 0. The van der Waals surface area contributed by atoms with Crippen molar-refractivity contribution in [3.63, 3.8) is 0 Å². The molecule has 4 fully saturated rings. The molecular weight excluding hydrogens is 284 g/mol. The second-order valence-electron chi connectivity index (χ2n) is 8.72. The second kappa shape index (κ2) is 5.16. The van der Waals surface area contributed by atoms with E-state index in [-0.39, 0.29) is 0 Å². The lowest BCUT2D eigenvalue weighted by Crippen LogP contribution is -2.13. The van der Waals surface area contributed by atoms with Crippen LogP contribution in [0.15, 0.2) is 12.1 Å². The van der Waals surface area contributed by atoms with Crippen molar-refractivity contribution < 1.29 is 9.84 Å². The van der Waals surface area contributed by atoms with Crippen LogP contribution in [0, 0.1) is 23.7 Å². The van der Waals surface area contributed by atoms with Crippen molar-refractivity contribution in [2.24, 2.45) is 23.7 Å². The van der Waals surface area contributed by atoms with Crippen molar-refractivity contribution in [3.8, 4) is 11.5 Å². The minimum absolute atomic E-state index is 0.571. The van der Waals surface area contributed by atoms with E-state index in [2.05, 4.69) is 12.1 Å². The number of aromatic hydroxyl groups is 1. The van der Waals surface area contributed by atoms with Crippen molar-refractivity contribution in [1.29, 1.82) is 0 Å². The summed E-state index contributed by atoms with van der Waals surface area (Å²) < 4.78 is 5.62. The topological polar surface area (TPSA) is 29.5 Å². The van der Waals surface area contributed by atoms with E-state index in [1.54, 1.807) is 7.11 Å². The highest BCUT2D eigenvalue weighted by molar-refractivity contribution is 5.51. The van der Waals surface area contributed by atoms with E-state index in [1.165, 1.54) is 62.5 Å². The van der Waals surface area contributed by atoms with Gasteiger partial charge in [-0.1, -0.05) is 12.8 Å². The first-order valence-corrected chi connectivity index (χ1v) is 9.63. The molecule has 2 nitrogen and oxygen atoms in total. The molecule has 4 aliphatic carbocycles. The zero-order valence-corrected chi connectivity index (χ0v) is 14.1. The van der Waals surface area contributed by atoms with Gasteiger partial charge in [0.25, 0.3) is 0 Å². The van der Waals surface area contributed by atoms with Crippen molar-refractivity contribution in [3.05, 3.63) is 23.3 Å². The molecule has 0 saturated heterocycles. The van der Waals surface area contributed by atoms with Gasteiger partial charge in [0, 0.05) is 11.1 Å². The lowest BCUT2D eigenvalue weighted by molar-refractivity contribution is 0.367. The third kappa shape index (κ3) is 2.13. The lowest BCUT2D eigenvalue weighted by atomic mass is 9.78. The van der Waals surface area contributed by atoms with Gasteiger partial charge in [-0.05, 0) is 86.2 Å². The van der Waals surface area contributed by atoms with Gasteiger partial charge in [-0.25, -0.2) is 0 Å². The Bertz CT molecular complexity index is 573. The summed E-state index contributed by atoms with van der Waals surface area (Å²) >= 11 is 0. The van der Waals surface area contributed by atoms with E-state index in [0.717, 1.165) is 29.4 Å². The molecule has 0 heterocycles. The Morgan fingerprint density at radius 1 is 0.826 bits per heavy atom. The number of ether oxygens (including phenoxy) is 1. The molecule has 4 aliphatic rings. The maximum absolute atomic E-state index is 11.1. The summed E-state index contributed by atoms with van der Waals surface area (Å²) in [5, 5.41) is 11.1. The van der Waals surface area contributed by atoms with Crippen LogP contribution in [0.2, 0.25) is 0 Å². The number of hydrogen-bond acceptors (Lipinski definition) is 2. The van der Waals surface area contributed by atoms with Gasteiger partial charge in [0.2, 0.25) is 0 Å². The average Bonchev–Trinajstić information content (AvgIpc) is 3.35. The van der Waals surface area contributed by atoms with E-state index in [4.69, 9.17) is 4.74 Å². The summed E-state index contributed by atoms with van der Waals surface area (Å²) in [6, 6.07) is 4.27. The molecule has 2 heteroatoms. The Hall–Kier alpha value is -1.18. The molecular formula is C21H28O2. The van der Waals surface area contributed by atoms with Gasteiger partial charge in [0.05, 0.1) is 7.11 Å². The van der Waals surface area contributed by atoms with E-state index >= 15 is 0 Å². The van der Waals surface area contributed by atoms with Crippen LogP contribution < -0.4 is 4.74 Å². The Balaban J connectivity index is 1.55. The maximum atomic E-state index is 11.1. The van der Waals surface area contributed by atoms with Crippen molar-refractivity contribution in [1.82, 2.24) is 0 Å². The smallest absolute Gasteiger partial charge is 0.122 e. The number of rotatable bonds is 3. The second-order valence-corrected chi connectivity index (χ2v) is 8.72. The van der Waals surface area contributed by atoms with Gasteiger partial charge < -0.3 is 9.84 Å². The van der Waals surface area contributed by atoms with Crippen molar-refractivity contribution in [2.75, 3.05) is 7.11 Å². The summed E-state index contributed by atoms with van der Waals surface area (Å²) in [7, 11) is 1.77. The van der Waals surface area contributed by atoms with E-state index in [9.17, 15) is 5.11 Å². The summed E-state index contributed by atoms with van der Waals surface area (Å²) in [6.07, 6.45) is 10.8. The summed E-state index contributed by atoms with van der Waals surface area (Å²) in [5.74, 6) is 6.13. The molecule has 23 heavy (non-hydrogen) atoms. The average molecular weight is 312 g/mol. The Kier molecular flexibility index (Phi) is 3.18. The fourth-order valence-electron chi connectivity index (χ4n) is 6.59. The third-order valence-corrected chi connectivity index (χ3v) is 7.65. The molecule has 0 spiro atoms. The van der Waals surface area contributed by atoms with Gasteiger partial charge in [-0.15, -0.1) is 0 Å². The molecule has 1 N–H and O–H groups in total. The highest BCUT2D eigenvalue weighted by Gasteiger charge is 2.44. The fourth-order valence-corrected chi connectivity index (χ4v) is 6.59. The zero-order chi connectivity index (χ0) is 15.6. The van der Waals surface area contributed by atoms with Crippen LogP contribution in [0.5, 0.6) is 11.5 Å². The first-order valence-electron chi connectivity index (χ1n) is 9.63. The van der Waals surface area contributed by atoms with Crippen LogP contribution in [-0.2, 0) is 0 Å². The van der Waals surface area contributed by atoms with Gasteiger partial charge >= 0.3 is 0 Å². The van der Waals surface area contributed by atoms with Crippen LogP contribution in [0.3, 0.4) is 0 Å². The number of hydrogen-bond donors (Lipinski definition) is 1. The highest BCUT2D eigenvalue weighted by Crippen LogP contribution is 2.58. The van der Waals surface area contributed by atoms with Crippen molar-refractivity contribution >= 4 is 0 Å². The molecule has 0 amide bonds. The fraction of sp³-hybridized carbons (Fsp3) is 0.714. The molecule has 0 radical (unpaired) electrons. The quantitative estimate of drug-likeness (QED) is 0.830. The maximum Gasteiger partial charge on any atom is 0.122 e.